The van der Waals surface area contributed by atoms with Crippen LogP contribution in [-0.4, -0.2) is 30.8 Å². The molecule has 7 heavy (non-hydrogen) atoms. The standard InChI is InChI=1S/C5H8NO/c7-5-4-6-2-1-3-6/h1-4H2. The van der Waals surface area contributed by atoms with Crippen LogP contribution in [0.25, 0.3) is 0 Å². The van der Waals surface area contributed by atoms with Crippen LogP contribution in [0.5, 0.6) is 0 Å². The summed E-state index contributed by atoms with van der Waals surface area (Å²) in [6.45, 7) is 2.70. The molecule has 0 aromatic heterocycles. The molecule has 0 saturated carbocycles. The third-order valence-corrected chi connectivity index (χ3v) is 1.24. The molecular formula is C5H8NO. The summed E-state index contributed by atoms with van der Waals surface area (Å²) in [7, 11) is 0. The van der Waals surface area contributed by atoms with Crippen molar-refractivity contribution in [2.45, 2.75) is 6.42 Å². The van der Waals surface area contributed by atoms with Crippen molar-refractivity contribution >= 4 is 6.29 Å². The topological polar surface area (TPSA) is 20.3 Å². The van der Waals surface area contributed by atoms with Crippen molar-refractivity contribution in [1.29, 1.82) is 0 Å². The van der Waals surface area contributed by atoms with Gasteiger partial charge < -0.3 is 0 Å². The molecule has 0 unspecified atom stereocenters. The summed E-state index contributed by atoms with van der Waals surface area (Å²) in [4.78, 5) is 11.7. The van der Waals surface area contributed by atoms with Crippen molar-refractivity contribution < 1.29 is 4.79 Å². The van der Waals surface area contributed by atoms with Gasteiger partial charge in [-0.15, -0.1) is 0 Å². The highest BCUT2D eigenvalue weighted by Gasteiger charge is 2.11. The lowest BCUT2D eigenvalue weighted by Crippen LogP contribution is -2.38. The molecule has 2 heteroatoms. The Balaban J connectivity index is 2.03. The Bertz CT molecular complexity index is 68.5. The van der Waals surface area contributed by atoms with E-state index < -0.39 is 0 Å². The van der Waals surface area contributed by atoms with Crippen molar-refractivity contribution in [3.05, 3.63) is 0 Å². The van der Waals surface area contributed by atoms with Crippen molar-refractivity contribution in [3.8, 4) is 0 Å². The summed E-state index contributed by atoms with van der Waals surface area (Å²) in [6.07, 6.45) is 3.10. The van der Waals surface area contributed by atoms with Crippen LogP contribution in [0, 0.1) is 0 Å². The number of likely N-dealkylation sites (tertiary alicyclic amines) is 1. The van der Waals surface area contributed by atoms with Gasteiger partial charge in [-0.05, 0) is 19.5 Å². The van der Waals surface area contributed by atoms with Crippen LogP contribution in [0.15, 0.2) is 0 Å². The fraction of sp³-hybridized carbons (Fsp3) is 0.800. The highest BCUT2D eigenvalue weighted by atomic mass is 16.1. The van der Waals surface area contributed by atoms with E-state index in [4.69, 9.17) is 0 Å². The summed E-state index contributed by atoms with van der Waals surface area (Å²) < 4.78 is 0. The van der Waals surface area contributed by atoms with E-state index in [0.717, 1.165) is 13.1 Å². The molecule has 2 nitrogen and oxygen atoms in total. The van der Waals surface area contributed by atoms with Gasteiger partial charge in [0.15, 0.2) is 0 Å². The Labute approximate surface area is 43.1 Å². The highest BCUT2D eigenvalue weighted by Crippen LogP contribution is 2.01. The van der Waals surface area contributed by atoms with Crippen LogP contribution in [0.3, 0.4) is 0 Å². The summed E-state index contributed by atoms with van der Waals surface area (Å²) in [5, 5.41) is 0. The molecule has 39 valence electrons. The second kappa shape index (κ2) is 2.07. The van der Waals surface area contributed by atoms with E-state index in [1.807, 2.05) is 6.29 Å². The van der Waals surface area contributed by atoms with Gasteiger partial charge in [-0.1, -0.05) is 0 Å². The molecule has 0 bridgehead atoms. The van der Waals surface area contributed by atoms with Gasteiger partial charge in [0.25, 0.3) is 0 Å². The van der Waals surface area contributed by atoms with Gasteiger partial charge in [-0.25, -0.2) is 0 Å². The van der Waals surface area contributed by atoms with Gasteiger partial charge in [0.2, 0.25) is 6.29 Å². The molecule has 1 aliphatic rings. The van der Waals surface area contributed by atoms with Gasteiger partial charge in [-0.3, -0.25) is 9.69 Å². The third-order valence-electron chi connectivity index (χ3n) is 1.24. The van der Waals surface area contributed by atoms with Gasteiger partial charge in [0.05, 0.1) is 6.54 Å². The molecular weight excluding hydrogens is 90.1 g/mol. The zero-order valence-corrected chi connectivity index (χ0v) is 4.18. The first-order valence-electron chi connectivity index (χ1n) is 2.51. The second-order valence-electron chi connectivity index (χ2n) is 1.77. The van der Waals surface area contributed by atoms with E-state index in [1.54, 1.807) is 0 Å². The Kier molecular flexibility index (Phi) is 1.42. The van der Waals surface area contributed by atoms with Gasteiger partial charge in [0.1, 0.15) is 0 Å². The zero-order valence-electron chi connectivity index (χ0n) is 4.18. The monoisotopic (exact) mass is 98.1 g/mol. The molecule has 0 N–H and O–H groups in total. The van der Waals surface area contributed by atoms with Crippen LogP contribution in [0.4, 0.5) is 0 Å². The SMILES string of the molecule is O=[C]CN1CCC1. The van der Waals surface area contributed by atoms with Gasteiger partial charge in [0, 0.05) is 0 Å². The molecule has 1 heterocycles. The Morgan fingerprint density at radius 2 is 2.29 bits per heavy atom. The average molecular weight is 98.1 g/mol. The summed E-state index contributed by atoms with van der Waals surface area (Å²) in [5.41, 5.74) is 0. The Morgan fingerprint density at radius 1 is 1.57 bits per heavy atom. The number of hydrogen-bond acceptors (Lipinski definition) is 2. The Morgan fingerprint density at radius 3 is 2.43 bits per heavy atom. The normalized spacial score (nSPS) is 21.1. The van der Waals surface area contributed by atoms with E-state index in [9.17, 15) is 4.79 Å². The molecule has 0 aromatic rings. The number of rotatable bonds is 2. The van der Waals surface area contributed by atoms with E-state index >= 15 is 0 Å². The fourth-order valence-electron chi connectivity index (χ4n) is 0.631. The first-order chi connectivity index (χ1) is 3.43. The van der Waals surface area contributed by atoms with Crippen LogP contribution in [-0.2, 0) is 4.79 Å². The van der Waals surface area contributed by atoms with E-state index in [-0.39, 0.29) is 0 Å². The molecule has 1 rings (SSSR count). The molecule has 0 spiro atoms. The number of carbonyl (C=O) groups excluding carboxylic acids is 1. The average Bonchev–Trinajstić information content (AvgIpc) is 1.55. The summed E-state index contributed by atoms with van der Waals surface area (Å²) >= 11 is 0. The third kappa shape index (κ3) is 0.996. The molecule has 0 atom stereocenters. The van der Waals surface area contributed by atoms with Crippen LogP contribution in [0.2, 0.25) is 0 Å². The zero-order chi connectivity index (χ0) is 5.11. The van der Waals surface area contributed by atoms with Crippen LogP contribution in [0.1, 0.15) is 6.42 Å². The van der Waals surface area contributed by atoms with Crippen LogP contribution < -0.4 is 0 Å². The number of hydrogen-bond donors (Lipinski definition) is 0. The molecule has 1 radical (unpaired) electrons. The minimum absolute atomic E-state index is 0.514. The lowest BCUT2D eigenvalue weighted by atomic mass is 10.2. The number of nitrogens with zero attached hydrogens (tertiary/aromatic N) is 1. The molecule has 0 amide bonds. The lowest BCUT2D eigenvalue weighted by Gasteiger charge is -2.27. The van der Waals surface area contributed by atoms with Crippen molar-refractivity contribution in [2.75, 3.05) is 19.6 Å². The molecule has 1 saturated heterocycles. The minimum atomic E-state index is 0.514. The van der Waals surface area contributed by atoms with Crippen molar-refractivity contribution in [3.63, 3.8) is 0 Å². The molecule has 1 aliphatic heterocycles. The lowest BCUT2D eigenvalue weighted by molar-refractivity contribution is 0.208. The molecule has 0 aromatic carbocycles. The summed E-state index contributed by atoms with van der Waals surface area (Å²) in [6, 6.07) is 0. The predicted octanol–water partition coefficient (Wildman–Crippen LogP) is -0.198. The maximum atomic E-state index is 9.64. The maximum Gasteiger partial charge on any atom is 0.213 e. The summed E-state index contributed by atoms with van der Waals surface area (Å²) in [5.74, 6) is 0. The van der Waals surface area contributed by atoms with E-state index in [1.165, 1.54) is 6.42 Å². The van der Waals surface area contributed by atoms with E-state index in [0.29, 0.717) is 6.54 Å². The quantitative estimate of drug-likeness (QED) is 0.476. The van der Waals surface area contributed by atoms with E-state index in [2.05, 4.69) is 4.90 Å². The molecule has 0 aliphatic carbocycles. The maximum absolute atomic E-state index is 9.64. The van der Waals surface area contributed by atoms with Crippen LogP contribution >= 0.6 is 0 Å². The smallest absolute Gasteiger partial charge is 0.213 e. The van der Waals surface area contributed by atoms with Gasteiger partial charge >= 0.3 is 0 Å². The first-order valence-corrected chi connectivity index (χ1v) is 2.51. The Hall–Kier alpha value is -0.370. The minimum Gasteiger partial charge on any atom is -0.296 e. The van der Waals surface area contributed by atoms with Crippen molar-refractivity contribution in [1.82, 2.24) is 4.90 Å². The highest BCUT2D eigenvalue weighted by molar-refractivity contribution is 5.53. The fourth-order valence-corrected chi connectivity index (χ4v) is 0.631. The van der Waals surface area contributed by atoms with Gasteiger partial charge in [-0.2, -0.15) is 0 Å². The predicted molar refractivity (Wildman–Crippen MR) is 26.8 cm³/mol. The van der Waals surface area contributed by atoms with Crippen molar-refractivity contribution in [2.24, 2.45) is 0 Å². The molecule has 1 fully saturated rings. The first kappa shape index (κ1) is 4.78. The largest absolute Gasteiger partial charge is 0.296 e. The second-order valence-corrected chi connectivity index (χ2v) is 1.77.